The van der Waals surface area contributed by atoms with Gasteiger partial charge >= 0.3 is 0 Å². The highest BCUT2D eigenvalue weighted by molar-refractivity contribution is 7.22. The number of benzene rings is 1. The molecule has 1 fully saturated rings. The molecule has 112 valence electrons. The molecule has 5 heteroatoms. The molecular weight excluding hydrogens is 282 g/mol. The summed E-state index contributed by atoms with van der Waals surface area (Å²) >= 11 is 1.70. The topological polar surface area (TPSA) is 45.2 Å². The Bertz CT molecular complexity index is 586. The van der Waals surface area contributed by atoms with E-state index in [0.29, 0.717) is 0 Å². The molecule has 1 N–H and O–H groups in total. The van der Waals surface area contributed by atoms with E-state index in [1.54, 1.807) is 11.3 Å². The summed E-state index contributed by atoms with van der Waals surface area (Å²) in [4.78, 5) is 18.8. The van der Waals surface area contributed by atoms with Crippen LogP contribution in [0.15, 0.2) is 24.3 Å². The smallest absolute Gasteiger partial charge is 0.226 e. The number of aromatic nitrogens is 1. The molecule has 2 heterocycles. The number of rotatable bonds is 6. The van der Waals surface area contributed by atoms with Crippen LogP contribution in [0.3, 0.4) is 0 Å². The van der Waals surface area contributed by atoms with Crippen LogP contribution in [0.4, 0.5) is 5.13 Å². The molecule has 0 unspecified atom stereocenters. The zero-order valence-electron chi connectivity index (χ0n) is 12.3. The summed E-state index contributed by atoms with van der Waals surface area (Å²) in [7, 11) is 0. The minimum absolute atomic E-state index is 0.124. The second-order valence-electron chi connectivity index (χ2n) is 5.56. The Labute approximate surface area is 129 Å². The van der Waals surface area contributed by atoms with Gasteiger partial charge in [0, 0.05) is 19.6 Å². The van der Waals surface area contributed by atoms with Crippen molar-refractivity contribution < 1.29 is 4.79 Å². The zero-order valence-corrected chi connectivity index (χ0v) is 13.2. The van der Waals surface area contributed by atoms with E-state index in [4.69, 9.17) is 0 Å². The maximum Gasteiger partial charge on any atom is 0.226 e. The first-order chi connectivity index (χ1) is 10.3. The van der Waals surface area contributed by atoms with Crippen LogP contribution in [0.1, 0.15) is 26.2 Å². The van der Waals surface area contributed by atoms with Gasteiger partial charge in [-0.2, -0.15) is 0 Å². The fraction of sp³-hybridized carbons (Fsp3) is 0.500. The Morgan fingerprint density at radius 2 is 2.19 bits per heavy atom. The minimum Gasteiger partial charge on any atom is -0.356 e. The number of anilines is 1. The SMILES string of the molecule is CCCCCNC(=O)C1CN(c2nc3ccccc3s2)C1. The van der Waals surface area contributed by atoms with Crippen molar-refractivity contribution in [2.24, 2.45) is 5.92 Å². The first-order valence-electron chi connectivity index (χ1n) is 7.66. The van der Waals surface area contributed by atoms with Gasteiger partial charge in [-0.1, -0.05) is 43.2 Å². The van der Waals surface area contributed by atoms with Gasteiger partial charge in [-0.3, -0.25) is 4.79 Å². The average Bonchev–Trinajstić information content (AvgIpc) is 2.85. The number of hydrogen-bond acceptors (Lipinski definition) is 4. The highest BCUT2D eigenvalue weighted by Gasteiger charge is 2.34. The van der Waals surface area contributed by atoms with Gasteiger partial charge in [0.05, 0.1) is 16.1 Å². The molecule has 1 aromatic carbocycles. The maximum absolute atomic E-state index is 12.0. The van der Waals surface area contributed by atoms with E-state index in [0.717, 1.165) is 36.7 Å². The largest absolute Gasteiger partial charge is 0.356 e. The summed E-state index contributed by atoms with van der Waals surface area (Å²) < 4.78 is 1.21. The normalized spacial score (nSPS) is 15.2. The van der Waals surface area contributed by atoms with E-state index in [1.165, 1.54) is 17.5 Å². The lowest BCUT2D eigenvalue weighted by molar-refractivity contribution is -0.125. The molecule has 1 aliphatic heterocycles. The van der Waals surface area contributed by atoms with Crippen molar-refractivity contribution in [3.63, 3.8) is 0 Å². The van der Waals surface area contributed by atoms with E-state index >= 15 is 0 Å². The molecule has 1 aliphatic rings. The lowest BCUT2D eigenvalue weighted by atomic mass is 10.00. The van der Waals surface area contributed by atoms with Crippen molar-refractivity contribution in [2.45, 2.75) is 26.2 Å². The summed E-state index contributed by atoms with van der Waals surface area (Å²) in [6.45, 7) is 4.56. The van der Waals surface area contributed by atoms with Gasteiger partial charge in [0.25, 0.3) is 0 Å². The fourth-order valence-electron chi connectivity index (χ4n) is 2.53. The maximum atomic E-state index is 12.0. The number of nitrogens with zero attached hydrogens (tertiary/aromatic N) is 2. The molecule has 3 rings (SSSR count). The Morgan fingerprint density at radius 3 is 2.95 bits per heavy atom. The third-order valence-corrected chi connectivity index (χ3v) is 4.98. The van der Waals surface area contributed by atoms with Crippen LogP contribution in [-0.2, 0) is 4.79 Å². The summed E-state index contributed by atoms with van der Waals surface area (Å²) in [6.07, 6.45) is 3.45. The van der Waals surface area contributed by atoms with Gasteiger partial charge in [-0.15, -0.1) is 0 Å². The third-order valence-electron chi connectivity index (χ3n) is 3.89. The van der Waals surface area contributed by atoms with Crippen LogP contribution in [0, 0.1) is 5.92 Å². The monoisotopic (exact) mass is 303 g/mol. The summed E-state index contributed by atoms with van der Waals surface area (Å²) in [6, 6.07) is 8.17. The Hall–Kier alpha value is -1.62. The Morgan fingerprint density at radius 1 is 1.38 bits per heavy atom. The molecule has 1 aromatic heterocycles. The molecule has 0 spiro atoms. The number of hydrogen-bond donors (Lipinski definition) is 1. The second-order valence-corrected chi connectivity index (χ2v) is 6.57. The van der Waals surface area contributed by atoms with Gasteiger partial charge < -0.3 is 10.2 Å². The lowest BCUT2D eigenvalue weighted by Gasteiger charge is -2.37. The number of unbranched alkanes of at least 4 members (excludes halogenated alkanes) is 2. The van der Waals surface area contributed by atoms with Crippen LogP contribution in [0.5, 0.6) is 0 Å². The Kier molecular flexibility index (Phi) is 4.39. The van der Waals surface area contributed by atoms with E-state index in [-0.39, 0.29) is 11.8 Å². The molecule has 1 saturated heterocycles. The molecule has 2 aromatic rings. The predicted octanol–water partition coefficient (Wildman–Crippen LogP) is 3.04. The molecule has 21 heavy (non-hydrogen) atoms. The number of fused-ring (bicyclic) bond motifs is 1. The minimum atomic E-state index is 0.124. The van der Waals surface area contributed by atoms with Gasteiger partial charge in [0.2, 0.25) is 5.91 Å². The number of nitrogens with one attached hydrogen (secondary N) is 1. The molecule has 0 saturated carbocycles. The van der Waals surface area contributed by atoms with Crippen molar-refractivity contribution in [1.82, 2.24) is 10.3 Å². The third kappa shape index (κ3) is 3.18. The van der Waals surface area contributed by atoms with Crippen LogP contribution < -0.4 is 10.2 Å². The highest BCUT2D eigenvalue weighted by atomic mass is 32.1. The summed E-state index contributed by atoms with van der Waals surface area (Å²) in [5, 5.41) is 4.07. The van der Waals surface area contributed by atoms with Crippen LogP contribution in [-0.4, -0.2) is 30.5 Å². The van der Waals surface area contributed by atoms with E-state index < -0.39 is 0 Å². The van der Waals surface area contributed by atoms with Crippen molar-refractivity contribution in [2.75, 3.05) is 24.5 Å². The van der Waals surface area contributed by atoms with Crippen LogP contribution in [0.2, 0.25) is 0 Å². The first kappa shape index (κ1) is 14.3. The fourth-order valence-corrected chi connectivity index (χ4v) is 3.51. The van der Waals surface area contributed by atoms with E-state index in [1.807, 2.05) is 18.2 Å². The number of carbonyl (C=O) groups is 1. The van der Waals surface area contributed by atoms with Crippen LogP contribution in [0.25, 0.3) is 10.2 Å². The first-order valence-corrected chi connectivity index (χ1v) is 8.48. The lowest BCUT2D eigenvalue weighted by Crippen LogP contribution is -2.53. The van der Waals surface area contributed by atoms with E-state index in [2.05, 4.69) is 28.2 Å². The molecule has 0 aliphatic carbocycles. The quantitative estimate of drug-likeness (QED) is 0.834. The highest BCUT2D eigenvalue weighted by Crippen LogP contribution is 2.32. The van der Waals surface area contributed by atoms with Crippen molar-refractivity contribution >= 4 is 32.6 Å². The number of amides is 1. The van der Waals surface area contributed by atoms with Gasteiger partial charge in [0.15, 0.2) is 5.13 Å². The van der Waals surface area contributed by atoms with Gasteiger partial charge in [0.1, 0.15) is 0 Å². The predicted molar refractivity (Wildman–Crippen MR) is 87.9 cm³/mol. The molecular formula is C16H21N3OS. The summed E-state index contributed by atoms with van der Waals surface area (Å²) in [5.41, 5.74) is 1.05. The standard InChI is InChI=1S/C16H21N3OS/c1-2-3-6-9-17-15(20)12-10-19(11-12)16-18-13-7-4-5-8-14(13)21-16/h4-5,7-8,12H,2-3,6,9-11H2,1H3,(H,17,20). The second kappa shape index (κ2) is 6.43. The number of para-hydroxylation sites is 1. The van der Waals surface area contributed by atoms with Crippen molar-refractivity contribution in [1.29, 1.82) is 0 Å². The van der Waals surface area contributed by atoms with Crippen LogP contribution >= 0.6 is 11.3 Å². The van der Waals surface area contributed by atoms with Gasteiger partial charge in [-0.05, 0) is 18.6 Å². The zero-order chi connectivity index (χ0) is 14.7. The summed E-state index contributed by atoms with van der Waals surface area (Å²) in [5.74, 6) is 0.321. The number of thiazole rings is 1. The average molecular weight is 303 g/mol. The molecule has 0 atom stereocenters. The molecule has 0 bridgehead atoms. The van der Waals surface area contributed by atoms with Gasteiger partial charge in [-0.25, -0.2) is 4.98 Å². The Balaban J connectivity index is 1.49. The molecule has 0 radical (unpaired) electrons. The van der Waals surface area contributed by atoms with Crippen molar-refractivity contribution in [3.05, 3.63) is 24.3 Å². The van der Waals surface area contributed by atoms with Crippen molar-refractivity contribution in [3.8, 4) is 0 Å². The molecule has 4 nitrogen and oxygen atoms in total. The van der Waals surface area contributed by atoms with E-state index in [9.17, 15) is 4.79 Å². The molecule has 1 amide bonds. The number of carbonyl (C=O) groups excluding carboxylic acids is 1.